The van der Waals surface area contributed by atoms with Gasteiger partial charge in [0.2, 0.25) is 0 Å². The van der Waals surface area contributed by atoms with Crippen LogP contribution in [-0.2, 0) is 11.3 Å². The predicted octanol–water partition coefficient (Wildman–Crippen LogP) is 3.25. The van der Waals surface area contributed by atoms with Gasteiger partial charge in [-0.25, -0.2) is 0 Å². The number of hydrogen-bond acceptors (Lipinski definition) is 4. The van der Waals surface area contributed by atoms with E-state index in [0.717, 1.165) is 41.9 Å². The van der Waals surface area contributed by atoms with Crippen LogP contribution in [0.1, 0.15) is 24.8 Å². The number of hydrogen-bond donors (Lipinski definition) is 1. The van der Waals surface area contributed by atoms with Gasteiger partial charge in [0.1, 0.15) is 0 Å². The minimum Gasteiger partial charge on any atom is -0.393 e. The van der Waals surface area contributed by atoms with Crippen molar-refractivity contribution in [2.45, 2.75) is 38.0 Å². The van der Waals surface area contributed by atoms with Crippen LogP contribution in [0, 0.1) is 5.92 Å². The topological polar surface area (TPSA) is 45.6 Å². The molecule has 2 aliphatic rings. The fourth-order valence-electron chi connectivity index (χ4n) is 4.19. The number of benzene rings is 1. The van der Waals surface area contributed by atoms with Gasteiger partial charge in [-0.3, -0.25) is 9.88 Å². The lowest BCUT2D eigenvalue weighted by molar-refractivity contribution is -0.0635. The molecule has 0 saturated carbocycles. The van der Waals surface area contributed by atoms with E-state index in [0.29, 0.717) is 19.3 Å². The quantitative estimate of drug-likeness (QED) is 0.926. The second-order valence-corrected chi connectivity index (χ2v) is 7.29. The van der Waals surface area contributed by atoms with Crippen LogP contribution in [-0.4, -0.2) is 46.9 Å². The number of rotatable bonds is 3. The summed E-state index contributed by atoms with van der Waals surface area (Å²) in [5, 5.41) is 12.1. The number of likely N-dealkylation sites (tertiary alicyclic amines) is 1. The van der Waals surface area contributed by atoms with Gasteiger partial charge in [-0.15, -0.1) is 0 Å². The minimum absolute atomic E-state index is 0.216. The van der Waals surface area contributed by atoms with E-state index in [-0.39, 0.29) is 12.0 Å². The molecule has 0 spiro atoms. The van der Waals surface area contributed by atoms with Crippen LogP contribution in [0.2, 0.25) is 5.02 Å². The van der Waals surface area contributed by atoms with E-state index in [4.69, 9.17) is 16.3 Å². The van der Waals surface area contributed by atoms with E-state index in [2.05, 4.69) is 16.0 Å². The number of aliphatic hydroxyl groups is 1. The fraction of sp³-hybridized carbons (Fsp3) is 0.526. The van der Waals surface area contributed by atoms with Crippen LogP contribution in [0.5, 0.6) is 0 Å². The molecule has 3 heterocycles. The van der Waals surface area contributed by atoms with Crippen molar-refractivity contribution in [1.82, 2.24) is 9.88 Å². The number of ether oxygens (including phenoxy) is 1. The molecule has 2 fully saturated rings. The zero-order valence-electron chi connectivity index (χ0n) is 13.7. The molecule has 2 aliphatic heterocycles. The Morgan fingerprint density at radius 2 is 2.21 bits per heavy atom. The highest BCUT2D eigenvalue weighted by atomic mass is 35.5. The Labute approximate surface area is 147 Å². The molecule has 2 aromatic rings. The average molecular weight is 347 g/mol. The summed E-state index contributed by atoms with van der Waals surface area (Å²) in [5.74, 6) is 0.216. The molecule has 0 bridgehead atoms. The normalized spacial score (nSPS) is 28.5. The number of nitrogens with zero attached hydrogens (tertiary/aromatic N) is 2. The zero-order valence-corrected chi connectivity index (χ0v) is 14.5. The van der Waals surface area contributed by atoms with Gasteiger partial charge in [0.25, 0.3) is 0 Å². The first-order valence-corrected chi connectivity index (χ1v) is 9.14. The summed E-state index contributed by atoms with van der Waals surface area (Å²) in [6.07, 6.45) is 4.63. The third-order valence-corrected chi connectivity index (χ3v) is 5.77. The molecule has 1 N–H and O–H groups in total. The molecule has 4 nitrogen and oxygen atoms in total. The molecule has 3 atom stereocenters. The highest BCUT2D eigenvalue weighted by molar-refractivity contribution is 6.35. The van der Waals surface area contributed by atoms with Crippen molar-refractivity contribution in [2.75, 3.05) is 19.8 Å². The summed E-state index contributed by atoms with van der Waals surface area (Å²) >= 11 is 6.31. The second kappa shape index (κ2) is 6.96. The van der Waals surface area contributed by atoms with Crippen LogP contribution in [0.15, 0.2) is 30.5 Å². The van der Waals surface area contributed by atoms with E-state index < -0.39 is 0 Å². The summed E-state index contributed by atoms with van der Waals surface area (Å²) in [6, 6.07) is 8.38. The lowest BCUT2D eigenvalue weighted by Gasteiger charge is -2.37. The second-order valence-electron chi connectivity index (χ2n) is 6.88. The maximum atomic E-state index is 10.4. The van der Waals surface area contributed by atoms with Crippen molar-refractivity contribution in [3.05, 3.63) is 41.0 Å². The van der Waals surface area contributed by atoms with Crippen molar-refractivity contribution in [2.24, 2.45) is 5.92 Å². The van der Waals surface area contributed by atoms with Gasteiger partial charge in [-0.05, 0) is 49.6 Å². The van der Waals surface area contributed by atoms with Crippen LogP contribution in [0.4, 0.5) is 0 Å². The Hall–Kier alpha value is -1.20. The molecule has 0 unspecified atom stereocenters. The highest BCUT2D eigenvalue weighted by Crippen LogP contribution is 2.32. The van der Waals surface area contributed by atoms with Gasteiger partial charge in [-0.2, -0.15) is 0 Å². The first-order chi connectivity index (χ1) is 11.7. The molecule has 2 saturated heterocycles. The number of pyridine rings is 1. The van der Waals surface area contributed by atoms with Crippen LogP contribution in [0.25, 0.3) is 10.9 Å². The summed E-state index contributed by atoms with van der Waals surface area (Å²) in [4.78, 5) is 7.04. The molecular formula is C19H23ClN2O2. The van der Waals surface area contributed by atoms with Gasteiger partial charge in [0.05, 0.1) is 18.2 Å². The Morgan fingerprint density at radius 3 is 3.08 bits per heavy atom. The first-order valence-electron chi connectivity index (χ1n) is 8.76. The third-order valence-electron chi connectivity index (χ3n) is 5.44. The molecule has 1 aromatic carbocycles. The molecule has 4 rings (SSSR count). The highest BCUT2D eigenvalue weighted by Gasteiger charge is 2.37. The molecule has 128 valence electrons. The van der Waals surface area contributed by atoms with E-state index in [1.807, 2.05) is 24.4 Å². The van der Waals surface area contributed by atoms with E-state index in [1.54, 1.807) is 0 Å². The third kappa shape index (κ3) is 3.04. The first kappa shape index (κ1) is 16.3. The van der Waals surface area contributed by atoms with Crippen LogP contribution in [0.3, 0.4) is 0 Å². The maximum Gasteiger partial charge on any atom is 0.0761 e. The number of fused-ring (bicyclic) bond motifs is 1. The summed E-state index contributed by atoms with van der Waals surface area (Å²) in [6.45, 7) is 3.25. The van der Waals surface area contributed by atoms with Crippen molar-refractivity contribution >= 4 is 22.5 Å². The number of aromatic nitrogens is 1. The van der Waals surface area contributed by atoms with Crippen molar-refractivity contribution < 1.29 is 9.84 Å². The van der Waals surface area contributed by atoms with E-state index in [1.165, 1.54) is 12.0 Å². The molecule has 0 amide bonds. The minimum atomic E-state index is -0.246. The molecule has 5 heteroatoms. The predicted molar refractivity (Wildman–Crippen MR) is 95.1 cm³/mol. The molecule has 0 aliphatic carbocycles. The van der Waals surface area contributed by atoms with Gasteiger partial charge in [-0.1, -0.05) is 17.7 Å². The van der Waals surface area contributed by atoms with Gasteiger partial charge in [0, 0.05) is 41.7 Å². The SMILES string of the molecule is O[C@@H]1CCOC[C@H]1[C@@H]1CCCN1Cc1ccc(Cl)c2cccnc12. The standard InChI is InChI=1S/C19H23ClN2O2/c20-16-6-5-13(19-14(16)3-1-8-21-19)11-22-9-2-4-17(22)15-12-24-10-7-18(15)23/h1,3,5-6,8,15,17-18,23H,2,4,7,9-12H2/t15-,17-,18+/m0/s1. The average Bonchev–Trinajstić information content (AvgIpc) is 3.06. The Bertz CT molecular complexity index is 724. The lowest BCUT2D eigenvalue weighted by atomic mass is 9.89. The van der Waals surface area contributed by atoms with Gasteiger partial charge < -0.3 is 9.84 Å². The number of aliphatic hydroxyl groups excluding tert-OH is 1. The van der Waals surface area contributed by atoms with Gasteiger partial charge in [0.15, 0.2) is 0 Å². The summed E-state index contributed by atoms with van der Waals surface area (Å²) < 4.78 is 5.63. The monoisotopic (exact) mass is 346 g/mol. The zero-order chi connectivity index (χ0) is 16.5. The van der Waals surface area contributed by atoms with Crippen LogP contribution < -0.4 is 0 Å². The van der Waals surface area contributed by atoms with Crippen molar-refractivity contribution in [3.63, 3.8) is 0 Å². The summed E-state index contributed by atoms with van der Waals surface area (Å²) in [7, 11) is 0. The van der Waals surface area contributed by atoms with Crippen molar-refractivity contribution in [1.29, 1.82) is 0 Å². The smallest absolute Gasteiger partial charge is 0.0761 e. The van der Waals surface area contributed by atoms with Gasteiger partial charge >= 0.3 is 0 Å². The Balaban J connectivity index is 1.59. The molecular weight excluding hydrogens is 324 g/mol. The summed E-state index contributed by atoms with van der Waals surface area (Å²) in [5.41, 5.74) is 2.18. The van der Waals surface area contributed by atoms with Crippen molar-refractivity contribution in [3.8, 4) is 0 Å². The largest absolute Gasteiger partial charge is 0.393 e. The fourth-order valence-corrected chi connectivity index (χ4v) is 4.41. The number of halogens is 1. The molecule has 0 radical (unpaired) electrons. The lowest BCUT2D eigenvalue weighted by Crippen LogP contribution is -2.45. The Kier molecular flexibility index (Phi) is 4.72. The Morgan fingerprint density at radius 1 is 1.29 bits per heavy atom. The maximum absolute atomic E-state index is 10.4. The molecule has 24 heavy (non-hydrogen) atoms. The van der Waals surface area contributed by atoms with Crippen LogP contribution >= 0.6 is 11.6 Å². The van der Waals surface area contributed by atoms with E-state index >= 15 is 0 Å². The molecule has 1 aromatic heterocycles. The van der Waals surface area contributed by atoms with E-state index in [9.17, 15) is 5.11 Å².